The van der Waals surface area contributed by atoms with Crippen molar-refractivity contribution in [3.05, 3.63) is 64.2 Å². The number of alkyl halides is 1. The van der Waals surface area contributed by atoms with Gasteiger partial charge in [0.05, 0.1) is 22.1 Å². The van der Waals surface area contributed by atoms with Gasteiger partial charge in [-0.25, -0.2) is 27.9 Å². The molecule has 13 heteroatoms. The monoisotopic (exact) mass is 627 g/mol. The predicted molar refractivity (Wildman–Crippen MR) is 159 cm³/mol. The number of methoxy groups -OCH3 is 1. The summed E-state index contributed by atoms with van der Waals surface area (Å²) in [7, 11) is 0.0821. The van der Waals surface area contributed by atoms with Crippen molar-refractivity contribution in [3.8, 4) is 0 Å². The summed E-state index contributed by atoms with van der Waals surface area (Å²) in [4.78, 5) is 21.8. The topological polar surface area (TPSA) is 84.3 Å². The Kier molecular flexibility index (Phi) is 9.59. The average molecular weight is 628 g/mol. The van der Waals surface area contributed by atoms with Gasteiger partial charge >= 0.3 is 6.09 Å². The molecule has 2 aliphatic rings. The molecule has 2 heterocycles. The number of hydrogen-bond donors (Lipinski definition) is 1. The van der Waals surface area contributed by atoms with E-state index >= 15 is 8.78 Å². The number of aromatic nitrogens is 1. The van der Waals surface area contributed by atoms with Gasteiger partial charge < -0.3 is 14.6 Å². The first-order valence-electron chi connectivity index (χ1n) is 13.1. The summed E-state index contributed by atoms with van der Waals surface area (Å²) in [5, 5.41) is 10.4. The summed E-state index contributed by atoms with van der Waals surface area (Å²) in [6, 6.07) is 7.59. The van der Waals surface area contributed by atoms with E-state index in [1.165, 1.54) is 55.4 Å². The largest absolute Gasteiger partial charge is 0.465 e. The van der Waals surface area contributed by atoms with E-state index in [1.54, 1.807) is 0 Å². The molecule has 1 N–H and O–H groups in total. The average Bonchev–Trinajstić information content (AvgIpc) is 3.63. The molecule has 0 spiro atoms. The van der Waals surface area contributed by atoms with Crippen LogP contribution in [0.1, 0.15) is 23.2 Å². The molecule has 2 aromatic rings. The Morgan fingerprint density at radius 3 is 2.68 bits per heavy atom. The van der Waals surface area contributed by atoms with E-state index in [-0.39, 0.29) is 35.3 Å². The van der Waals surface area contributed by atoms with E-state index in [0.29, 0.717) is 18.1 Å². The molecule has 1 amide bonds. The molecule has 1 aliphatic heterocycles. The molecule has 0 radical (unpaired) electrons. The number of pyridine rings is 1. The Balaban J connectivity index is 1.73. The van der Waals surface area contributed by atoms with Crippen molar-refractivity contribution < 1.29 is 32.5 Å². The third kappa shape index (κ3) is 6.99. The van der Waals surface area contributed by atoms with Crippen molar-refractivity contribution in [2.75, 3.05) is 33.7 Å². The third-order valence-corrected chi connectivity index (χ3v) is 10.6. The highest BCUT2D eigenvalue weighted by Crippen LogP contribution is 2.67. The van der Waals surface area contributed by atoms with Crippen molar-refractivity contribution in [1.29, 1.82) is 0 Å². The lowest BCUT2D eigenvalue weighted by atomic mass is 9.84. The SMILES string of the molecule is COC[C@]12C[C@H]1[C@@](CF)(c1cc(/C=C(/F)c3ccc(Cl)cn3)ccc1F)N=C(N(COCC[Si](C)(C)C)C(=O)O)S2. The molecule has 222 valence electrons. The smallest absolute Gasteiger partial charge is 0.415 e. The predicted octanol–water partition coefficient (Wildman–Crippen LogP) is 7.31. The number of nitrogens with zero attached hydrogens (tertiary/aromatic N) is 3. The number of rotatable bonds is 11. The van der Waals surface area contributed by atoms with Crippen LogP contribution in [0.25, 0.3) is 11.9 Å². The van der Waals surface area contributed by atoms with Crippen LogP contribution in [-0.2, 0) is 15.0 Å². The quantitative estimate of drug-likeness (QED) is 0.160. The summed E-state index contributed by atoms with van der Waals surface area (Å²) >= 11 is 7.02. The minimum absolute atomic E-state index is 0.00541. The molecule has 4 rings (SSSR count). The molecule has 3 atom stereocenters. The first-order chi connectivity index (χ1) is 19.3. The van der Waals surface area contributed by atoms with Gasteiger partial charge in [0, 0.05) is 39.5 Å². The maximum atomic E-state index is 15.5. The fourth-order valence-electron chi connectivity index (χ4n) is 4.88. The van der Waals surface area contributed by atoms with Crippen molar-refractivity contribution in [1.82, 2.24) is 9.88 Å². The van der Waals surface area contributed by atoms with E-state index in [1.807, 2.05) is 0 Å². The molecular weight excluding hydrogens is 595 g/mol. The number of ether oxygens (including phenoxy) is 2. The maximum Gasteiger partial charge on any atom is 0.415 e. The highest BCUT2D eigenvalue weighted by Gasteiger charge is 2.69. The van der Waals surface area contributed by atoms with Gasteiger partial charge in [-0.3, -0.25) is 4.98 Å². The van der Waals surface area contributed by atoms with Crippen LogP contribution in [0.4, 0.5) is 18.0 Å². The van der Waals surface area contributed by atoms with Gasteiger partial charge in [-0.15, -0.1) is 0 Å². The second-order valence-corrected chi connectivity index (χ2v) is 18.9. The molecule has 1 fully saturated rings. The summed E-state index contributed by atoms with van der Waals surface area (Å²) in [5.41, 5.74) is -1.53. The zero-order valence-corrected chi connectivity index (χ0v) is 25.9. The minimum atomic E-state index is -1.74. The zero-order chi connectivity index (χ0) is 30.0. The van der Waals surface area contributed by atoms with Crippen LogP contribution in [0, 0.1) is 11.7 Å². The van der Waals surface area contributed by atoms with E-state index in [9.17, 15) is 14.3 Å². The molecule has 0 saturated heterocycles. The van der Waals surface area contributed by atoms with Crippen LogP contribution in [-0.4, -0.2) is 72.8 Å². The number of hydrogen-bond acceptors (Lipinski definition) is 6. The number of amides is 1. The van der Waals surface area contributed by atoms with Crippen LogP contribution in [0.2, 0.25) is 30.7 Å². The standard InChI is InChI=1S/C28H33ClF3N3O4SSi/c1-38-16-27-13-24(27)28(15-30,34-25(40-27)35(26(36)37)17-39-9-10-41(2,3)4)20-11-18(5-7-21(20)31)12-22(32)23-8-6-19(29)14-33-23/h5-8,11-12,14,24H,9-10,13,15-17H2,1-4H3,(H,36,37)/b22-12+/t24-,27-,28-/m1/s1. The van der Waals surface area contributed by atoms with E-state index in [2.05, 4.69) is 29.6 Å². The summed E-state index contributed by atoms with van der Waals surface area (Å²) in [5.74, 6) is -1.90. The minimum Gasteiger partial charge on any atom is -0.465 e. The highest BCUT2D eigenvalue weighted by atomic mass is 35.5. The summed E-state index contributed by atoms with van der Waals surface area (Å²) in [6.07, 6.45) is 1.58. The summed E-state index contributed by atoms with van der Waals surface area (Å²) in [6.45, 7) is 5.70. The number of carbonyl (C=O) groups is 1. The number of benzene rings is 1. The Hall–Kier alpha value is -2.38. The normalized spacial score (nSPS) is 24.0. The number of carboxylic acid groups (broad SMARTS) is 1. The van der Waals surface area contributed by atoms with Crippen LogP contribution in [0.5, 0.6) is 0 Å². The van der Waals surface area contributed by atoms with E-state index < -0.39 is 48.7 Å². The lowest BCUT2D eigenvalue weighted by molar-refractivity contribution is 0.0697. The van der Waals surface area contributed by atoms with Gasteiger partial charge in [0.2, 0.25) is 0 Å². The Morgan fingerprint density at radius 1 is 1.32 bits per heavy atom. The molecule has 1 aromatic carbocycles. The molecular formula is C28H33ClF3N3O4SSi. The molecule has 1 saturated carbocycles. The van der Waals surface area contributed by atoms with Crippen molar-refractivity contribution in [2.24, 2.45) is 10.9 Å². The number of thioether (sulfide) groups is 1. The zero-order valence-electron chi connectivity index (χ0n) is 23.3. The van der Waals surface area contributed by atoms with Crippen LogP contribution in [0.3, 0.4) is 0 Å². The number of amidine groups is 1. The first-order valence-corrected chi connectivity index (χ1v) is 18.0. The Morgan fingerprint density at radius 2 is 2.07 bits per heavy atom. The van der Waals surface area contributed by atoms with Gasteiger partial charge in [-0.1, -0.05) is 49.1 Å². The molecule has 1 aromatic heterocycles. The number of fused-ring (bicyclic) bond motifs is 1. The van der Waals surface area contributed by atoms with Gasteiger partial charge in [-0.2, -0.15) is 0 Å². The second-order valence-electron chi connectivity index (χ2n) is 11.5. The lowest BCUT2D eigenvalue weighted by Crippen LogP contribution is -2.46. The van der Waals surface area contributed by atoms with E-state index in [0.717, 1.165) is 17.0 Å². The lowest BCUT2D eigenvalue weighted by Gasteiger charge is -2.37. The Labute approximate surface area is 247 Å². The van der Waals surface area contributed by atoms with Crippen LogP contribution >= 0.6 is 23.4 Å². The van der Waals surface area contributed by atoms with Crippen molar-refractivity contribution >= 4 is 54.6 Å². The Bertz CT molecular complexity index is 1340. The number of aliphatic imine (C=N–C) groups is 1. The molecule has 0 bridgehead atoms. The fourth-order valence-corrected chi connectivity index (χ4v) is 7.32. The van der Waals surface area contributed by atoms with Gasteiger partial charge in [-0.05, 0) is 48.4 Å². The fraction of sp³-hybridized carbons (Fsp3) is 0.464. The van der Waals surface area contributed by atoms with E-state index in [4.69, 9.17) is 21.1 Å². The second kappa shape index (κ2) is 12.5. The van der Waals surface area contributed by atoms with Gasteiger partial charge in [0.15, 0.2) is 5.17 Å². The van der Waals surface area contributed by atoms with Crippen LogP contribution < -0.4 is 0 Å². The van der Waals surface area contributed by atoms with Crippen molar-refractivity contribution in [3.63, 3.8) is 0 Å². The first kappa shape index (κ1) is 31.6. The van der Waals surface area contributed by atoms with Gasteiger partial charge in [0.1, 0.15) is 30.6 Å². The maximum absolute atomic E-state index is 15.5. The highest BCUT2D eigenvalue weighted by molar-refractivity contribution is 8.15. The molecule has 7 nitrogen and oxygen atoms in total. The number of halogens is 4. The molecule has 1 aliphatic carbocycles. The third-order valence-electron chi connectivity index (χ3n) is 7.18. The summed E-state index contributed by atoms with van der Waals surface area (Å²) < 4.78 is 56.1. The van der Waals surface area contributed by atoms with Crippen LogP contribution in [0.15, 0.2) is 41.5 Å². The molecule has 41 heavy (non-hydrogen) atoms. The van der Waals surface area contributed by atoms with Crippen molar-refractivity contribution in [2.45, 2.75) is 42.4 Å². The molecule has 0 unspecified atom stereocenters. The van der Waals surface area contributed by atoms with Gasteiger partial charge in [0.25, 0.3) is 0 Å².